The largest absolute Gasteiger partial charge is 0.448 e. The van der Waals surface area contributed by atoms with E-state index < -0.39 is 16.6 Å². The maximum atomic E-state index is 12.5. The minimum Gasteiger partial charge on any atom is -0.448 e. The summed E-state index contributed by atoms with van der Waals surface area (Å²) in [7, 11) is 1.50. The molecule has 1 amide bonds. The molecule has 1 fully saturated rings. The molecular formula is C17H18N2O5. The van der Waals surface area contributed by atoms with E-state index in [1.54, 1.807) is 0 Å². The van der Waals surface area contributed by atoms with Crippen LogP contribution in [0.2, 0.25) is 0 Å². The number of ether oxygens (including phenoxy) is 2. The lowest BCUT2D eigenvalue weighted by Gasteiger charge is -2.31. The van der Waals surface area contributed by atoms with Crippen molar-refractivity contribution in [3.05, 3.63) is 27.8 Å². The van der Waals surface area contributed by atoms with E-state index in [0.717, 1.165) is 32.1 Å². The molecule has 1 heterocycles. The van der Waals surface area contributed by atoms with E-state index >= 15 is 0 Å². The number of nitro groups is 1. The predicted molar refractivity (Wildman–Crippen MR) is 86.0 cm³/mol. The van der Waals surface area contributed by atoms with Gasteiger partial charge < -0.3 is 14.4 Å². The van der Waals surface area contributed by atoms with Gasteiger partial charge in [0.25, 0.3) is 17.4 Å². The molecule has 7 heteroatoms. The van der Waals surface area contributed by atoms with E-state index in [9.17, 15) is 14.9 Å². The van der Waals surface area contributed by atoms with Gasteiger partial charge >= 0.3 is 0 Å². The summed E-state index contributed by atoms with van der Waals surface area (Å²) < 4.78 is 11.8. The maximum absolute atomic E-state index is 12.5. The number of nitro benzene ring substituents is 1. The van der Waals surface area contributed by atoms with Crippen LogP contribution in [0.15, 0.2) is 12.1 Å². The van der Waals surface area contributed by atoms with Gasteiger partial charge in [-0.15, -0.1) is 6.42 Å². The molecule has 1 aromatic carbocycles. The van der Waals surface area contributed by atoms with Gasteiger partial charge in [-0.25, -0.2) is 0 Å². The Morgan fingerprint density at radius 1 is 1.33 bits per heavy atom. The number of rotatable bonds is 3. The van der Waals surface area contributed by atoms with Gasteiger partial charge in [-0.2, -0.15) is 0 Å². The van der Waals surface area contributed by atoms with Crippen molar-refractivity contribution >= 4 is 11.6 Å². The molecule has 1 saturated carbocycles. The number of benzene rings is 1. The Kier molecular flexibility index (Phi) is 4.06. The standard InChI is InChI=1S/C17H18N2O5/c1-3-9-18(2)16(20)12-10-14-15(11-13(12)19(21)22)24-17(23-14)7-5-4-6-8-17/h1,10-11H,4-9H2,2H3. The smallest absolute Gasteiger partial charge is 0.286 e. The number of hydrogen-bond acceptors (Lipinski definition) is 5. The van der Waals surface area contributed by atoms with Crippen LogP contribution < -0.4 is 9.47 Å². The van der Waals surface area contributed by atoms with Crippen LogP contribution in [0.4, 0.5) is 5.69 Å². The van der Waals surface area contributed by atoms with Crippen LogP contribution in [0.1, 0.15) is 42.5 Å². The Morgan fingerprint density at radius 3 is 2.54 bits per heavy atom. The lowest BCUT2D eigenvalue weighted by molar-refractivity contribution is -0.385. The summed E-state index contributed by atoms with van der Waals surface area (Å²) >= 11 is 0. The third-order valence-corrected chi connectivity index (χ3v) is 4.37. The zero-order valence-corrected chi connectivity index (χ0v) is 13.4. The van der Waals surface area contributed by atoms with E-state index in [0.29, 0.717) is 11.5 Å². The summed E-state index contributed by atoms with van der Waals surface area (Å²) in [5, 5.41) is 11.4. The summed E-state index contributed by atoms with van der Waals surface area (Å²) in [4.78, 5) is 24.5. The topological polar surface area (TPSA) is 81.9 Å². The SMILES string of the molecule is C#CCN(C)C(=O)c1cc2c(cc1[N+](=O)[O-])OC1(CCCCC1)O2. The molecule has 2 aliphatic rings. The summed E-state index contributed by atoms with van der Waals surface area (Å²) in [5.41, 5.74) is -0.355. The Balaban J connectivity index is 1.98. The molecule has 126 valence electrons. The first kappa shape index (κ1) is 16.1. The predicted octanol–water partition coefficient (Wildman–Crippen LogP) is 2.73. The van der Waals surface area contributed by atoms with Crippen LogP contribution in [0, 0.1) is 22.5 Å². The van der Waals surface area contributed by atoms with E-state index in [4.69, 9.17) is 15.9 Å². The molecule has 1 aliphatic heterocycles. The number of carbonyl (C=O) groups excluding carboxylic acids is 1. The minimum atomic E-state index is -0.749. The lowest BCUT2D eigenvalue weighted by atomic mass is 9.94. The average molecular weight is 330 g/mol. The summed E-state index contributed by atoms with van der Waals surface area (Å²) in [6.07, 6.45) is 9.74. The quantitative estimate of drug-likeness (QED) is 0.483. The number of nitrogens with zero attached hydrogens (tertiary/aromatic N) is 2. The first-order valence-corrected chi connectivity index (χ1v) is 7.85. The molecule has 0 radical (unpaired) electrons. The van der Waals surface area contributed by atoms with E-state index in [2.05, 4.69) is 5.92 Å². The van der Waals surface area contributed by atoms with Gasteiger partial charge in [-0.3, -0.25) is 14.9 Å². The Labute approximate surface area is 139 Å². The van der Waals surface area contributed by atoms with Crippen molar-refractivity contribution < 1.29 is 19.2 Å². The third kappa shape index (κ3) is 2.75. The number of fused-ring (bicyclic) bond motifs is 1. The second-order valence-corrected chi connectivity index (χ2v) is 6.11. The van der Waals surface area contributed by atoms with Gasteiger partial charge in [-0.05, 0) is 12.8 Å². The van der Waals surface area contributed by atoms with Gasteiger partial charge in [0.05, 0.1) is 17.5 Å². The van der Waals surface area contributed by atoms with E-state index in [1.165, 1.54) is 24.1 Å². The van der Waals surface area contributed by atoms with Gasteiger partial charge in [0, 0.05) is 26.0 Å². The number of amides is 1. The molecule has 0 unspecified atom stereocenters. The maximum Gasteiger partial charge on any atom is 0.286 e. The van der Waals surface area contributed by atoms with Crippen molar-refractivity contribution in [2.45, 2.75) is 37.9 Å². The number of hydrogen-bond donors (Lipinski definition) is 0. The molecule has 0 atom stereocenters. The zero-order valence-electron chi connectivity index (χ0n) is 13.4. The Bertz CT molecular complexity index is 731. The summed E-state index contributed by atoms with van der Waals surface area (Å²) in [6.45, 7) is 0.0639. The van der Waals surface area contributed by atoms with Gasteiger partial charge in [0.2, 0.25) is 0 Å². The highest BCUT2D eigenvalue weighted by atomic mass is 16.7. The second kappa shape index (κ2) is 6.04. The lowest BCUT2D eigenvalue weighted by Crippen LogP contribution is -2.40. The second-order valence-electron chi connectivity index (χ2n) is 6.11. The molecule has 1 spiro atoms. The molecule has 3 rings (SSSR count). The molecule has 24 heavy (non-hydrogen) atoms. The summed E-state index contributed by atoms with van der Waals surface area (Å²) in [5.74, 6) is 1.77. The fraction of sp³-hybridized carbons (Fsp3) is 0.471. The van der Waals surface area contributed by atoms with Crippen molar-refractivity contribution in [1.29, 1.82) is 0 Å². The zero-order chi connectivity index (χ0) is 17.3. The highest BCUT2D eigenvalue weighted by Crippen LogP contribution is 2.48. The van der Waals surface area contributed by atoms with Crippen LogP contribution in [0.3, 0.4) is 0 Å². The first-order chi connectivity index (χ1) is 11.5. The fourth-order valence-corrected chi connectivity index (χ4v) is 3.16. The normalized spacial score (nSPS) is 17.3. The number of carbonyl (C=O) groups is 1. The van der Waals surface area contributed by atoms with Crippen LogP contribution in [0.5, 0.6) is 11.5 Å². The molecule has 7 nitrogen and oxygen atoms in total. The van der Waals surface area contributed by atoms with Crippen LogP contribution in [-0.2, 0) is 0 Å². The highest BCUT2D eigenvalue weighted by molar-refractivity contribution is 5.99. The molecule has 0 aromatic heterocycles. The van der Waals surface area contributed by atoms with Crippen molar-refractivity contribution in [3.63, 3.8) is 0 Å². The summed E-state index contributed by atoms with van der Waals surface area (Å²) in [6, 6.07) is 2.67. The molecule has 0 bridgehead atoms. The van der Waals surface area contributed by atoms with Gasteiger partial charge in [-0.1, -0.05) is 12.3 Å². The van der Waals surface area contributed by atoms with Crippen molar-refractivity contribution in [1.82, 2.24) is 4.90 Å². The van der Waals surface area contributed by atoms with E-state index in [-0.39, 0.29) is 17.8 Å². The first-order valence-electron chi connectivity index (χ1n) is 7.85. The molecular weight excluding hydrogens is 312 g/mol. The fourth-order valence-electron chi connectivity index (χ4n) is 3.16. The monoisotopic (exact) mass is 330 g/mol. The molecule has 0 N–H and O–H groups in total. The number of terminal acetylenes is 1. The van der Waals surface area contributed by atoms with Crippen LogP contribution >= 0.6 is 0 Å². The van der Waals surface area contributed by atoms with Crippen LogP contribution in [-0.4, -0.2) is 35.1 Å². The third-order valence-electron chi connectivity index (χ3n) is 4.37. The Morgan fingerprint density at radius 2 is 1.96 bits per heavy atom. The van der Waals surface area contributed by atoms with Gasteiger partial charge in [0.1, 0.15) is 5.56 Å². The van der Waals surface area contributed by atoms with E-state index in [1.807, 2.05) is 0 Å². The molecule has 1 aromatic rings. The Hall–Kier alpha value is -2.75. The highest BCUT2D eigenvalue weighted by Gasteiger charge is 2.44. The van der Waals surface area contributed by atoms with Gasteiger partial charge in [0.15, 0.2) is 11.5 Å². The van der Waals surface area contributed by atoms with Crippen LogP contribution in [0.25, 0.3) is 0 Å². The molecule has 0 saturated heterocycles. The van der Waals surface area contributed by atoms with Crippen molar-refractivity contribution in [2.24, 2.45) is 0 Å². The van der Waals surface area contributed by atoms with Crippen molar-refractivity contribution in [2.75, 3.05) is 13.6 Å². The minimum absolute atomic E-state index is 0.0482. The van der Waals surface area contributed by atoms with Crippen molar-refractivity contribution in [3.8, 4) is 23.8 Å². The average Bonchev–Trinajstić information content (AvgIpc) is 2.90. The molecule has 1 aliphatic carbocycles.